The summed E-state index contributed by atoms with van der Waals surface area (Å²) in [5.74, 6) is -1.33. The van der Waals surface area contributed by atoms with Gasteiger partial charge in [-0.05, 0) is 31.6 Å². The van der Waals surface area contributed by atoms with Gasteiger partial charge in [-0.3, -0.25) is 37.3 Å². The maximum Gasteiger partial charge on any atom is 0.472 e. The summed E-state index contributed by atoms with van der Waals surface area (Å²) in [5.41, 5.74) is 0. The van der Waals surface area contributed by atoms with Gasteiger partial charge in [-0.25, -0.2) is 9.13 Å². The van der Waals surface area contributed by atoms with Crippen LogP contribution in [0.25, 0.3) is 0 Å². The summed E-state index contributed by atoms with van der Waals surface area (Å²) in [7, 11) is -9.91. The average Bonchev–Trinajstić information content (AvgIpc) is 2.01. The standard InChI is InChI=1S/C78H152O17P2/c1-6-9-12-15-18-21-23-25-26-27-28-29-30-31-32-33-39-44-49-54-59-64-78(83)95-74(68-89-76(81)62-57-52-47-42-38-35-34-36-41-45-50-55-60-71(4)5)70-93-97(86,87)91-66-72(79)65-90-96(84,85)92-69-73(67-88-75(80)61-56-51-46-40-20-17-14-11-8-3)94-77(82)63-58-53-48-43-37-24-22-19-16-13-10-7-2/h71-74,79H,6-70H2,1-5H3,(H,84,85)(H,86,87)/t72-,73+,74+/m0/s1. The lowest BCUT2D eigenvalue weighted by molar-refractivity contribution is -0.161. The molecule has 97 heavy (non-hydrogen) atoms. The van der Waals surface area contributed by atoms with E-state index in [1.807, 2.05) is 0 Å². The highest BCUT2D eigenvalue weighted by molar-refractivity contribution is 7.47. The highest BCUT2D eigenvalue weighted by atomic mass is 31.2. The van der Waals surface area contributed by atoms with E-state index >= 15 is 0 Å². The van der Waals surface area contributed by atoms with Crippen LogP contribution < -0.4 is 0 Å². The van der Waals surface area contributed by atoms with Gasteiger partial charge < -0.3 is 33.8 Å². The van der Waals surface area contributed by atoms with Crippen molar-refractivity contribution in [3.63, 3.8) is 0 Å². The molecular formula is C78H152O17P2. The zero-order chi connectivity index (χ0) is 71.2. The number of carbonyl (C=O) groups is 4. The third kappa shape index (κ3) is 72.2. The van der Waals surface area contributed by atoms with Gasteiger partial charge in [0.1, 0.15) is 19.3 Å². The van der Waals surface area contributed by atoms with E-state index in [1.165, 1.54) is 238 Å². The molecule has 0 heterocycles. The van der Waals surface area contributed by atoms with Gasteiger partial charge >= 0.3 is 39.5 Å². The average molecular weight is 1420 g/mol. The maximum atomic E-state index is 13.1. The molecule has 3 N–H and O–H groups in total. The fourth-order valence-electron chi connectivity index (χ4n) is 12.1. The summed E-state index contributed by atoms with van der Waals surface area (Å²) in [5, 5.41) is 10.6. The number of aliphatic hydroxyl groups excluding tert-OH is 1. The molecule has 0 aromatic heterocycles. The summed E-state index contributed by atoms with van der Waals surface area (Å²) < 4.78 is 68.5. The molecule has 0 rings (SSSR count). The first-order valence-electron chi connectivity index (χ1n) is 40.6. The summed E-state index contributed by atoms with van der Waals surface area (Å²) >= 11 is 0. The minimum Gasteiger partial charge on any atom is -0.462 e. The molecule has 0 saturated carbocycles. The molecule has 17 nitrogen and oxygen atoms in total. The summed E-state index contributed by atoms with van der Waals surface area (Å²) in [6, 6.07) is 0. The van der Waals surface area contributed by atoms with E-state index in [4.69, 9.17) is 37.0 Å². The van der Waals surface area contributed by atoms with E-state index in [-0.39, 0.29) is 25.7 Å². The third-order valence-corrected chi connectivity index (χ3v) is 20.2. The van der Waals surface area contributed by atoms with E-state index in [2.05, 4.69) is 34.6 Å². The van der Waals surface area contributed by atoms with Crippen LogP contribution in [0.5, 0.6) is 0 Å². The van der Waals surface area contributed by atoms with Crippen LogP contribution in [0.4, 0.5) is 0 Å². The molecule has 0 fully saturated rings. The van der Waals surface area contributed by atoms with Gasteiger partial charge in [0, 0.05) is 25.7 Å². The van der Waals surface area contributed by atoms with E-state index < -0.39 is 97.5 Å². The smallest absolute Gasteiger partial charge is 0.462 e. The Bertz CT molecular complexity index is 1860. The Morgan fingerprint density at radius 1 is 0.278 bits per heavy atom. The highest BCUT2D eigenvalue weighted by Gasteiger charge is 2.30. The predicted molar refractivity (Wildman–Crippen MR) is 395 cm³/mol. The van der Waals surface area contributed by atoms with Crippen LogP contribution in [0.2, 0.25) is 0 Å². The van der Waals surface area contributed by atoms with Gasteiger partial charge in [-0.1, -0.05) is 362 Å². The molecule has 0 aromatic carbocycles. The SMILES string of the molecule is CCCCCCCCCCCCCCCCCCCCCCCC(=O)O[C@H](COC(=O)CCCCCCCCCCCCCCC(C)C)COP(=O)(O)OC[C@@H](O)COP(=O)(O)OC[C@@H](COC(=O)CCCCCCCCCCC)OC(=O)CCCCCCCCCCCCCC. The van der Waals surface area contributed by atoms with Crippen molar-refractivity contribution in [3.8, 4) is 0 Å². The fourth-order valence-corrected chi connectivity index (χ4v) is 13.6. The van der Waals surface area contributed by atoms with Crippen molar-refractivity contribution in [3.05, 3.63) is 0 Å². The number of ether oxygens (including phenoxy) is 4. The zero-order valence-electron chi connectivity index (χ0n) is 63.2. The van der Waals surface area contributed by atoms with Crippen LogP contribution in [0.1, 0.15) is 413 Å². The second-order valence-corrected chi connectivity index (χ2v) is 31.5. The van der Waals surface area contributed by atoms with E-state index in [9.17, 15) is 43.2 Å². The van der Waals surface area contributed by atoms with Crippen LogP contribution in [0.15, 0.2) is 0 Å². The lowest BCUT2D eigenvalue weighted by Crippen LogP contribution is -2.30. The number of unbranched alkanes of at least 4 members (excludes halogenated alkanes) is 50. The Hall–Kier alpha value is -1.94. The number of hydrogen-bond donors (Lipinski definition) is 3. The lowest BCUT2D eigenvalue weighted by Gasteiger charge is -2.21. The van der Waals surface area contributed by atoms with Crippen LogP contribution >= 0.6 is 15.6 Å². The van der Waals surface area contributed by atoms with Crippen molar-refractivity contribution in [2.45, 2.75) is 432 Å². The van der Waals surface area contributed by atoms with Crippen molar-refractivity contribution in [1.82, 2.24) is 0 Å². The van der Waals surface area contributed by atoms with Gasteiger partial charge in [-0.2, -0.15) is 0 Å². The molecule has 0 radical (unpaired) electrons. The molecule has 19 heteroatoms. The fraction of sp³-hybridized carbons (Fsp3) is 0.949. The van der Waals surface area contributed by atoms with E-state index in [0.717, 1.165) is 95.8 Å². The number of phosphoric ester groups is 2. The minimum absolute atomic E-state index is 0.108. The Kier molecular flexibility index (Phi) is 69.6. The number of carbonyl (C=O) groups excluding carboxylic acids is 4. The quantitative estimate of drug-likeness (QED) is 0.0222. The molecule has 0 saturated heterocycles. The number of phosphoric acid groups is 2. The molecule has 0 aliphatic rings. The molecule has 0 aliphatic carbocycles. The van der Waals surface area contributed by atoms with Crippen molar-refractivity contribution in [1.29, 1.82) is 0 Å². The summed E-state index contributed by atoms with van der Waals surface area (Å²) in [6.45, 7) is 7.30. The molecule has 0 aliphatic heterocycles. The van der Waals surface area contributed by atoms with Gasteiger partial charge in [0.25, 0.3) is 0 Å². The Morgan fingerprint density at radius 2 is 0.474 bits per heavy atom. The first kappa shape index (κ1) is 95.1. The third-order valence-electron chi connectivity index (χ3n) is 18.3. The zero-order valence-corrected chi connectivity index (χ0v) is 65.0. The van der Waals surface area contributed by atoms with Gasteiger partial charge in [0.2, 0.25) is 0 Å². The van der Waals surface area contributed by atoms with E-state index in [0.29, 0.717) is 25.7 Å². The summed E-state index contributed by atoms with van der Waals surface area (Å²) in [4.78, 5) is 72.8. The lowest BCUT2D eigenvalue weighted by atomic mass is 10.0. The van der Waals surface area contributed by atoms with Crippen molar-refractivity contribution >= 4 is 39.5 Å². The van der Waals surface area contributed by atoms with Gasteiger partial charge in [-0.15, -0.1) is 0 Å². The molecule has 576 valence electrons. The highest BCUT2D eigenvalue weighted by Crippen LogP contribution is 2.45. The van der Waals surface area contributed by atoms with Crippen molar-refractivity contribution in [2.24, 2.45) is 5.92 Å². The number of hydrogen-bond acceptors (Lipinski definition) is 15. The summed E-state index contributed by atoms with van der Waals surface area (Å²) in [6.07, 6.45) is 61.1. The number of rotatable bonds is 78. The molecule has 0 amide bonds. The molecule has 0 bridgehead atoms. The van der Waals surface area contributed by atoms with Crippen LogP contribution in [0, 0.1) is 5.92 Å². The van der Waals surface area contributed by atoms with Crippen molar-refractivity contribution in [2.75, 3.05) is 39.6 Å². The van der Waals surface area contributed by atoms with Gasteiger partial charge in [0.05, 0.1) is 26.4 Å². The van der Waals surface area contributed by atoms with Crippen molar-refractivity contribution < 1.29 is 80.2 Å². The first-order valence-corrected chi connectivity index (χ1v) is 43.6. The Balaban J connectivity index is 5.19. The van der Waals surface area contributed by atoms with E-state index in [1.54, 1.807) is 0 Å². The first-order chi connectivity index (χ1) is 47.0. The molecule has 0 spiro atoms. The van der Waals surface area contributed by atoms with Crippen LogP contribution in [0.3, 0.4) is 0 Å². The maximum absolute atomic E-state index is 13.1. The Morgan fingerprint density at radius 3 is 0.701 bits per heavy atom. The molecular weight excluding hydrogens is 1270 g/mol. The normalized spacial score (nSPS) is 13.9. The molecule has 0 aromatic rings. The minimum atomic E-state index is -4.96. The molecule has 2 unspecified atom stereocenters. The second kappa shape index (κ2) is 71.1. The van der Waals surface area contributed by atoms with Crippen LogP contribution in [-0.2, 0) is 65.4 Å². The number of esters is 4. The number of aliphatic hydroxyl groups is 1. The largest absolute Gasteiger partial charge is 0.472 e. The Labute approximate surface area is 594 Å². The monoisotopic (exact) mass is 1420 g/mol. The molecule has 5 atom stereocenters. The van der Waals surface area contributed by atoms with Crippen LogP contribution in [-0.4, -0.2) is 96.7 Å². The second-order valence-electron chi connectivity index (χ2n) is 28.6. The van der Waals surface area contributed by atoms with Gasteiger partial charge in [0.15, 0.2) is 12.2 Å². The topological polar surface area (TPSA) is 237 Å². The predicted octanol–water partition coefficient (Wildman–Crippen LogP) is 23.3.